The van der Waals surface area contributed by atoms with Gasteiger partial charge in [0, 0.05) is 10.5 Å². The zero-order valence-electron chi connectivity index (χ0n) is 11.1. The standard InChI is InChI=1S/C14H17BrF3NO/c1-9-3-2-4-11(7-9)19-12-6-5-10(15)8-13(12)20-14(16,17)18/h5-6,8-9,11,19H,2-4,7H2,1H3. The van der Waals surface area contributed by atoms with Crippen LogP contribution >= 0.6 is 15.9 Å². The molecule has 0 saturated heterocycles. The van der Waals surface area contributed by atoms with Gasteiger partial charge in [-0.05, 0) is 37.0 Å². The third-order valence-electron chi connectivity index (χ3n) is 3.47. The molecule has 20 heavy (non-hydrogen) atoms. The fourth-order valence-corrected chi connectivity index (χ4v) is 2.95. The zero-order valence-corrected chi connectivity index (χ0v) is 12.7. The lowest BCUT2D eigenvalue weighted by Gasteiger charge is -2.29. The van der Waals surface area contributed by atoms with Gasteiger partial charge in [-0.3, -0.25) is 0 Å². The van der Waals surface area contributed by atoms with E-state index in [1.807, 2.05) is 0 Å². The molecule has 1 aliphatic carbocycles. The molecule has 2 rings (SSSR count). The smallest absolute Gasteiger partial charge is 0.404 e. The van der Waals surface area contributed by atoms with Gasteiger partial charge >= 0.3 is 6.36 Å². The lowest BCUT2D eigenvalue weighted by molar-refractivity contribution is -0.274. The maximum atomic E-state index is 12.4. The van der Waals surface area contributed by atoms with Crippen LogP contribution in [0.5, 0.6) is 5.75 Å². The van der Waals surface area contributed by atoms with E-state index in [2.05, 4.69) is 32.9 Å². The molecule has 2 atom stereocenters. The molecule has 2 nitrogen and oxygen atoms in total. The molecule has 2 unspecified atom stereocenters. The number of rotatable bonds is 3. The first-order chi connectivity index (χ1) is 9.33. The lowest BCUT2D eigenvalue weighted by atomic mass is 9.87. The van der Waals surface area contributed by atoms with Crippen molar-refractivity contribution < 1.29 is 17.9 Å². The lowest BCUT2D eigenvalue weighted by Crippen LogP contribution is -2.27. The van der Waals surface area contributed by atoms with E-state index in [0.29, 0.717) is 16.1 Å². The first-order valence-electron chi connectivity index (χ1n) is 6.65. The van der Waals surface area contributed by atoms with E-state index in [9.17, 15) is 13.2 Å². The van der Waals surface area contributed by atoms with Crippen molar-refractivity contribution in [3.63, 3.8) is 0 Å². The van der Waals surface area contributed by atoms with Crippen molar-refractivity contribution in [2.75, 3.05) is 5.32 Å². The fraction of sp³-hybridized carbons (Fsp3) is 0.571. The molecule has 112 valence electrons. The predicted molar refractivity (Wildman–Crippen MR) is 75.9 cm³/mol. The highest BCUT2D eigenvalue weighted by atomic mass is 79.9. The number of benzene rings is 1. The number of halogens is 4. The van der Waals surface area contributed by atoms with Crippen LogP contribution in [-0.4, -0.2) is 12.4 Å². The van der Waals surface area contributed by atoms with Crippen molar-refractivity contribution in [1.82, 2.24) is 0 Å². The molecule has 1 N–H and O–H groups in total. The molecule has 1 aromatic rings. The second-order valence-electron chi connectivity index (χ2n) is 5.30. The number of alkyl halides is 3. The molecule has 1 fully saturated rings. The van der Waals surface area contributed by atoms with Crippen LogP contribution in [0.3, 0.4) is 0 Å². The Morgan fingerprint density at radius 1 is 1.30 bits per heavy atom. The highest BCUT2D eigenvalue weighted by Gasteiger charge is 2.32. The Morgan fingerprint density at radius 2 is 2.05 bits per heavy atom. The quantitative estimate of drug-likeness (QED) is 0.793. The van der Waals surface area contributed by atoms with E-state index >= 15 is 0 Å². The van der Waals surface area contributed by atoms with Gasteiger partial charge < -0.3 is 10.1 Å². The Hall–Kier alpha value is -0.910. The summed E-state index contributed by atoms with van der Waals surface area (Å²) in [4.78, 5) is 0. The molecule has 0 bridgehead atoms. The first-order valence-corrected chi connectivity index (χ1v) is 7.44. The topological polar surface area (TPSA) is 21.3 Å². The predicted octanol–water partition coefficient (Wildman–Crippen LogP) is 5.34. The molecule has 0 radical (unpaired) electrons. The molecule has 0 heterocycles. The average Bonchev–Trinajstić information content (AvgIpc) is 2.31. The first kappa shape index (κ1) is 15.5. The number of hydrogen-bond donors (Lipinski definition) is 1. The Kier molecular flexibility index (Phi) is 4.83. The molecule has 0 aromatic heterocycles. The molecule has 0 amide bonds. The summed E-state index contributed by atoms with van der Waals surface area (Å²) in [5.41, 5.74) is 0.393. The number of hydrogen-bond acceptors (Lipinski definition) is 2. The Morgan fingerprint density at radius 3 is 2.70 bits per heavy atom. The van der Waals surface area contributed by atoms with Crippen molar-refractivity contribution in [1.29, 1.82) is 0 Å². The summed E-state index contributed by atoms with van der Waals surface area (Å²) in [5, 5.41) is 3.18. The van der Waals surface area contributed by atoms with Crippen LogP contribution < -0.4 is 10.1 Å². The van der Waals surface area contributed by atoms with Crippen LogP contribution in [0.1, 0.15) is 32.6 Å². The molecule has 1 aliphatic rings. The van der Waals surface area contributed by atoms with Crippen LogP contribution in [0.4, 0.5) is 18.9 Å². The highest BCUT2D eigenvalue weighted by Crippen LogP contribution is 2.35. The third-order valence-corrected chi connectivity index (χ3v) is 3.96. The van der Waals surface area contributed by atoms with Crippen LogP contribution in [0.2, 0.25) is 0 Å². The Labute approximate surface area is 124 Å². The maximum absolute atomic E-state index is 12.4. The third kappa shape index (κ3) is 4.58. The van der Waals surface area contributed by atoms with Crippen molar-refractivity contribution >= 4 is 21.6 Å². The number of anilines is 1. The van der Waals surface area contributed by atoms with Crippen molar-refractivity contribution in [2.45, 2.75) is 45.0 Å². The van der Waals surface area contributed by atoms with E-state index in [0.717, 1.165) is 19.3 Å². The second-order valence-corrected chi connectivity index (χ2v) is 6.22. The molecule has 1 saturated carbocycles. The highest BCUT2D eigenvalue weighted by molar-refractivity contribution is 9.10. The van der Waals surface area contributed by atoms with Gasteiger partial charge in [0.15, 0.2) is 5.75 Å². The fourth-order valence-electron chi connectivity index (χ4n) is 2.61. The number of ether oxygens (including phenoxy) is 1. The SMILES string of the molecule is CC1CCCC(Nc2ccc(Br)cc2OC(F)(F)F)C1. The van der Waals surface area contributed by atoms with E-state index in [4.69, 9.17) is 0 Å². The van der Waals surface area contributed by atoms with E-state index in [1.54, 1.807) is 12.1 Å². The normalized spacial score (nSPS) is 23.4. The van der Waals surface area contributed by atoms with Crippen molar-refractivity contribution in [2.24, 2.45) is 5.92 Å². The van der Waals surface area contributed by atoms with E-state index in [1.165, 1.54) is 12.5 Å². The van der Waals surface area contributed by atoms with Crippen LogP contribution in [-0.2, 0) is 0 Å². The van der Waals surface area contributed by atoms with Gasteiger partial charge in [-0.15, -0.1) is 13.2 Å². The number of nitrogens with one attached hydrogen (secondary N) is 1. The van der Waals surface area contributed by atoms with Crippen molar-refractivity contribution in [3.8, 4) is 5.75 Å². The average molecular weight is 352 g/mol. The van der Waals surface area contributed by atoms with Crippen LogP contribution in [0.25, 0.3) is 0 Å². The summed E-state index contributed by atoms with van der Waals surface area (Å²) in [5.74, 6) is 0.411. The summed E-state index contributed by atoms with van der Waals surface area (Å²) < 4.78 is 41.9. The van der Waals surface area contributed by atoms with Crippen LogP contribution in [0.15, 0.2) is 22.7 Å². The monoisotopic (exact) mass is 351 g/mol. The molecular formula is C14H17BrF3NO. The molecule has 6 heteroatoms. The summed E-state index contributed by atoms with van der Waals surface area (Å²) in [6, 6.07) is 4.86. The minimum absolute atomic E-state index is 0.190. The second kappa shape index (κ2) is 6.24. The minimum Gasteiger partial charge on any atom is -0.404 e. The van der Waals surface area contributed by atoms with Gasteiger partial charge in [0.25, 0.3) is 0 Å². The van der Waals surface area contributed by atoms with E-state index < -0.39 is 6.36 Å². The minimum atomic E-state index is -4.68. The zero-order chi connectivity index (χ0) is 14.8. The van der Waals surface area contributed by atoms with Crippen molar-refractivity contribution in [3.05, 3.63) is 22.7 Å². The van der Waals surface area contributed by atoms with Gasteiger partial charge in [-0.25, -0.2) is 0 Å². The molecule has 0 aliphatic heterocycles. The summed E-state index contributed by atoms with van der Waals surface area (Å²) in [7, 11) is 0. The van der Waals surface area contributed by atoms with E-state index in [-0.39, 0.29) is 11.8 Å². The Balaban J connectivity index is 2.13. The van der Waals surface area contributed by atoms with Gasteiger partial charge in [0.05, 0.1) is 5.69 Å². The Bertz CT molecular complexity index is 464. The summed E-state index contributed by atoms with van der Waals surface area (Å²) in [6.45, 7) is 2.17. The van der Waals surface area contributed by atoms with Gasteiger partial charge in [0.1, 0.15) is 0 Å². The molecule has 0 spiro atoms. The van der Waals surface area contributed by atoms with Gasteiger partial charge in [0.2, 0.25) is 0 Å². The molecule has 1 aromatic carbocycles. The van der Waals surface area contributed by atoms with Crippen LogP contribution in [0, 0.1) is 5.92 Å². The maximum Gasteiger partial charge on any atom is 0.573 e. The van der Waals surface area contributed by atoms with Gasteiger partial charge in [-0.1, -0.05) is 35.7 Å². The van der Waals surface area contributed by atoms with Gasteiger partial charge in [-0.2, -0.15) is 0 Å². The summed E-state index contributed by atoms with van der Waals surface area (Å²) >= 11 is 3.16. The summed E-state index contributed by atoms with van der Waals surface area (Å²) in [6.07, 6.45) is -0.445. The molecular weight excluding hydrogens is 335 g/mol. The largest absolute Gasteiger partial charge is 0.573 e.